The van der Waals surface area contributed by atoms with Crippen molar-refractivity contribution in [3.8, 4) is 0 Å². The molecular weight excluding hydrogens is 244 g/mol. The Balaban J connectivity index is 2.27. The van der Waals surface area contributed by atoms with E-state index in [2.05, 4.69) is 19.9 Å². The smallest absolute Gasteiger partial charge is 0.0944 e. The molecule has 2 heteroatoms. The summed E-state index contributed by atoms with van der Waals surface area (Å²) in [6.45, 7) is 4.42. The van der Waals surface area contributed by atoms with Gasteiger partial charge < -0.3 is 5.11 Å². The molecule has 2 atom stereocenters. The van der Waals surface area contributed by atoms with E-state index in [4.69, 9.17) is 11.6 Å². The van der Waals surface area contributed by atoms with E-state index in [0.717, 1.165) is 31.3 Å². The lowest BCUT2D eigenvalue weighted by molar-refractivity contribution is -0.0506. The SMILES string of the molecule is CC1(C)CCCCCC[C@]1(O)C1=CCC(Cl)C=C1. The van der Waals surface area contributed by atoms with Crippen molar-refractivity contribution >= 4 is 11.6 Å². The first-order valence-corrected chi connectivity index (χ1v) is 7.65. The van der Waals surface area contributed by atoms with Crippen LogP contribution in [0.25, 0.3) is 0 Å². The fraction of sp³-hybridized carbons (Fsp3) is 0.750. The number of halogens is 1. The molecule has 1 fully saturated rings. The summed E-state index contributed by atoms with van der Waals surface area (Å²) < 4.78 is 0. The van der Waals surface area contributed by atoms with Gasteiger partial charge in [-0.1, -0.05) is 57.8 Å². The molecule has 0 aromatic rings. The van der Waals surface area contributed by atoms with Gasteiger partial charge >= 0.3 is 0 Å². The molecule has 0 aromatic carbocycles. The second-order valence-corrected chi connectivity index (χ2v) is 6.99. The summed E-state index contributed by atoms with van der Waals surface area (Å²) in [7, 11) is 0. The van der Waals surface area contributed by atoms with Gasteiger partial charge in [0.15, 0.2) is 0 Å². The molecule has 0 heterocycles. The first kappa shape index (κ1) is 14.1. The van der Waals surface area contributed by atoms with Crippen LogP contribution in [0.4, 0.5) is 0 Å². The van der Waals surface area contributed by atoms with Gasteiger partial charge in [-0.2, -0.15) is 0 Å². The monoisotopic (exact) mass is 268 g/mol. The minimum atomic E-state index is -0.680. The molecule has 1 nitrogen and oxygen atoms in total. The van der Waals surface area contributed by atoms with Gasteiger partial charge in [-0.25, -0.2) is 0 Å². The van der Waals surface area contributed by atoms with Crippen LogP contribution in [0.3, 0.4) is 0 Å². The number of alkyl halides is 1. The topological polar surface area (TPSA) is 20.2 Å². The molecule has 0 aliphatic heterocycles. The Hall–Kier alpha value is -0.270. The van der Waals surface area contributed by atoms with Crippen molar-refractivity contribution in [2.75, 3.05) is 0 Å². The lowest BCUT2D eigenvalue weighted by Crippen LogP contribution is -2.47. The summed E-state index contributed by atoms with van der Waals surface area (Å²) in [6, 6.07) is 0. The number of allylic oxidation sites excluding steroid dienone is 2. The molecule has 2 aliphatic carbocycles. The molecular formula is C16H25ClO. The van der Waals surface area contributed by atoms with E-state index in [0.29, 0.717) is 0 Å². The molecule has 102 valence electrons. The van der Waals surface area contributed by atoms with Gasteiger partial charge in [-0.05, 0) is 30.3 Å². The Morgan fingerprint density at radius 2 is 1.83 bits per heavy atom. The van der Waals surface area contributed by atoms with E-state index >= 15 is 0 Å². The normalized spacial score (nSPS) is 36.7. The lowest BCUT2D eigenvalue weighted by atomic mass is 9.64. The average molecular weight is 269 g/mol. The van der Waals surface area contributed by atoms with Gasteiger partial charge in [0, 0.05) is 0 Å². The van der Waals surface area contributed by atoms with Gasteiger partial charge in [-0.15, -0.1) is 11.6 Å². The van der Waals surface area contributed by atoms with Crippen LogP contribution in [0.1, 0.15) is 58.8 Å². The Morgan fingerprint density at radius 1 is 1.17 bits per heavy atom. The zero-order chi connectivity index (χ0) is 13.2. The maximum Gasteiger partial charge on any atom is 0.0944 e. The third-order valence-electron chi connectivity index (χ3n) is 4.74. The molecule has 1 unspecified atom stereocenters. The van der Waals surface area contributed by atoms with Crippen LogP contribution in [0.15, 0.2) is 23.8 Å². The van der Waals surface area contributed by atoms with Crippen molar-refractivity contribution in [3.05, 3.63) is 23.8 Å². The van der Waals surface area contributed by atoms with Gasteiger partial charge in [0.2, 0.25) is 0 Å². The number of aliphatic hydroxyl groups is 1. The summed E-state index contributed by atoms with van der Waals surface area (Å²) in [5.74, 6) is 0. The van der Waals surface area contributed by atoms with E-state index in [9.17, 15) is 5.11 Å². The predicted molar refractivity (Wildman–Crippen MR) is 77.9 cm³/mol. The third-order valence-corrected chi connectivity index (χ3v) is 5.06. The van der Waals surface area contributed by atoms with Crippen LogP contribution in [-0.2, 0) is 0 Å². The number of rotatable bonds is 1. The highest BCUT2D eigenvalue weighted by atomic mass is 35.5. The lowest BCUT2D eigenvalue weighted by Gasteiger charge is -2.46. The second kappa shape index (κ2) is 5.38. The number of hydrogen-bond acceptors (Lipinski definition) is 1. The van der Waals surface area contributed by atoms with Crippen LogP contribution in [0, 0.1) is 5.41 Å². The molecule has 2 rings (SSSR count). The Bertz CT molecular complexity index is 356. The van der Waals surface area contributed by atoms with Crippen LogP contribution in [0.5, 0.6) is 0 Å². The van der Waals surface area contributed by atoms with E-state index in [1.807, 2.05) is 12.2 Å². The molecule has 2 aliphatic rings. The summed E-state index contributed by atoms with van der Waals surface area (Å²) in [5, 5.41) is 11.3. The molecule has 1 saturated carbocycles. The highest BCUT2D eigenvalue weighted by molar-refractivity contribution is 6.22. The molecule has 0 spiro atoms. The van der Waals surface area contributed by atoms with Crippen molar-refractivity contribution in [1.29, 1.82) is 0 Å². The highest BCUT2D eigenvalue weighted by Gasteiger charge is 2.45. The Morgan fingerprint density at radius 3 is 2.44 bits per heavy atom. The molecule has 1 N–H and O–H groups in total. The minimum absolute atomic E-state index is 0.0528. The van der Waals surface area contributed by atoms with Gasteiger partial charge in [-0.3, -0.25) is 0 Å². The summed E-state index contributed by atoms with van der Waals surface area (Å²) in [4.78, 5) is 0. The van der Waals surface area contributed by atoms with Gasteiger partial charge in [0.25, 0.3) is 0 Å². The fourth-order valence-corrected chi connectivity index (χ4v) is 3.44. The van der Waals surface area contributed by atoms with Crippen LogP contribution < -0.4 is 0 Å². The zero-order valence-corrected chi connectivity index (χ0v) is 12.3. The Kier molecular flexibility index (Phi) is 4.23. The van der Waals surface area contributed by atoms with Crippen molar-refractivity contribution in [2.24, 2.45) is 5.41 Å². The number of hydrogen-bond donors (Lipinski definition) is 1. The van der Waals surface area contributed by atoms with Crippen LogP contribution in [0.2, 0.25) is 0 Å². The predicted octanol–water partition coefficient (Wildman–Crippen LogP) is 4.59. The first-order chi connectivity index (χ1) is 8.46. The third kappa shape index (κ3) is 2.67. The van der Waals surface area contributed by atoms with Gasteiger partial charge in [0.05, 0.1) is 11.0 Å². The molecule has 0 aromatic heterocycles. The second-order valence-electron chi connectivity index (χ2n) is 6.43. The first-order valence-electron chi connectivity index (χ1n) is 7.21. The highest BCUT2D eigenvalue weighted by Crippen LogP contribution is 2.47. The molecule has 18 heavy (non-hydrogen) atoms. The van der Waals surface area contributed by atoms with Crippen LogP contribution in [-0.4, -0.2) is 16.1 Å². The van der Waals surface area contributed by atoms with Crippen molar-refractivity contribution < 1.29 is 5.11 Å². The van der Waals surface area contributed by atoms with Crippen molar-refractivity contribution in [1.82, 2.24) is 0 Å². The Labute approximate surface area is 116 Å². The zero-order valence-electron chi connectivity index (χ0n) is 11.6. The van der Waals surface area contributed by atoms with E-state index in [-0.39, 0.29) is 10.8 Å². The quantitative estimate of drug-likeness (QED) is 0.690. The summed E-state index contributed by atoms with van der Waals surface area (Å²) in [6.07, 6.45) is 13.9. The van der Waals surface area contributed by atoms with Crippen molar-refractivity contribution in [3.63, 3.8) is 0 Å². The summed E-state index contributed by atoms with van der Waals surface area (Å²) in [5.41, 5.74) is 0.357. The maximum atomic E-state index is 11.3. The molecule has 0 radical (unpaired) electrons. The standard InChI is InChI=1S/C16H25ClO/c1-15(2)11-5-3-4-6-12-16(15,18)13-7-9-14(17)10-8-13/h7-9,14,18H,3-6,10-12H2,1-2H3/t14?,16-/m0/s1. The van der Waals surface area contributed by atoms with Crippen molar-refractivity contribution in [2.45, 2.75) is 69.8 Å². The molecule has 0 bridgehead atoms. The van der Waals surface area contributed by atoms with E-state index in [1.165, 1.54) is 19.3 Å². The summed E-state index contributed by atoms with van der Waals surface area (Å²) >= 11 is 6.08. The molecule has 0 amide bonds. The average Bonchev–Trinajstić information content (AvgIpc) is 2.32. The minimum Gasteiger partial charge on any atom is -0.385 e. The van der Waals surface area contributed by atoms with E-state index in [1.54, 1.807) is 0 Å². The van der Waals surface area contributed by atoms with Gasteiger partial charge in [0.1, 0.15) is 0 Å². The van der Waals surface area contributed by atoms with Crippen LogP contribution >= 0.6 is 11.6 Å². The fourth-order valence-electron chi connectivity index (χ4n) is 3.28. The molecule has 0 saturated heterocycles. The maximum absolute atomic E-state index is 11.3. The van der Waals surface area contributed by atoms with E-state index < -0.39 is 5.60 Å². The largest absolute Gasteiger partial charge is 0.385 e.